The number of hydrogen-bond acceptors (Lipinski definition) is 5. The van der Waals surface area contributed by atoms with E-state index in [0.29, 0.717) is 0 Å². The van der Waals surface area contributed by atoms with E-state index in [4.69, 9.17) is 0 Å². The molecule has 1 N–H and O–H groups in total. The maximum atomic E-state index is 12.3. The number of nitrogens with one attached hydrogen (secondary N) is 1. The lowest BCUT2D eigenvalue weighted by molar-refractivity contribution is 0.0602. The van der Waals surface area contributed by atoms with Crippen LogP contribution in [0.1, 0.15) is 20.7 Å². The van der Waals surface area contributed by atoms with Crippen LogP contribution in [0.3, 0.4) is 0 Å². The first-order chi connectivity index (χ1) is 10.9. The highest BCUT2D eigenvalue weighted by atomic mass is 16.5. The van der Waals surface area contributed by atoms with Gasteiger partial charge in [0, 0.05) is 20.3 Å². The number of carbonyl (C=O) groups excluding carboxylic acids is 2. The van der Waals surface area contributed by atoms with E-state index in [1.54, 1.807) is 12.1 Å². The largest absolute Gasteiger partial charge is 0.465 e. The molecule has 0 saturated heterocycles. The monoisotopic (exact) mass is 317 g/mol. The van der Waals surface area contributed by atoms with Crippen molar-refractivity contribution in [1.29, 1.82) is 0 Å². The number of methoxy groups -OCH3 is 1. The van der Waals surface area contributed by atoms with Crippen LogP contribution in [0.2, 0.25) is 0 Å². The van der Waals surface area contributed by atoms with Gasteiger partial charge in [0.05, 0.1) is 18.4 Å². The fourth-order valence-corrected chi connectivity index (χ4v) is 2.03. The molecule has 0 aliphatic rings. The van der Waals surface area contributed by atoms with Crippen molar-refractivity contribution in [1.82, 2.24) is 9.13 Å². The number of rotatable bonds is 3. The van der Waals surface area contributed by atoms with Gasteiger partial charge in [-0.05, 0) is 12.1 Å². The second-order valence-corrected chi connectivity index (χ2v) is 4.79. The zero-order valence-electron chi connectivity index (χ0n) is 12.8. The van der Waals surface area contributed by atoms with E-state index in [1.807, 2.05) is 0 Å². The van der Waals surface area contributed by atoms with Gasteiger partial charge in [0.25, 0.3) is 11.5 Å². The molecule has 0 aliphatic heterocycles. The molecule has 0 fully saturated rings. The molecule has 0 aliphatic carbocycles. The third kappa shape index (κ3) is 3.05. The van der Waals surface area contributed by atoms with E-state index >= 15 is 0 Å². The molecule has 0 radical (unpaired) electrons. The number of para-hydroxylation sites is 1. The van der Waals surface area contributed by atoms with Gasteiger partial charge in [-0.1, -0.05) is 12.1 Å². The predicted molar refractivity (Wildman–Crippen MR) is 82.7 cm³/mol. The van der Waals surface area contributed by atoms with Crippen LogP contribution in [0.25, 0.3) is 0 Å². The van der Waals surface area contributed by atoms with Gasteiger partial charge in [-0.25, -0.2) is 9.59 Å². The molecule has 2 aromatic rings. The van der Waals surface area contributed by atoms with E-state index < -0.39 is 23.1 Å². The van der Waals surface area contributed by atoms with Crippen LogP contribution >= 0.6 is 0 Å². The summed E-state index contributed by atoms with van der Waals surface area (Å²) in [5.74, 6) is -1.34. The van der Waals surface area contributed by atoms with Gasteiger partial charge in [0.15, 0.2) is 0 Å². The van der Waals surface area contributed by atoms with Crippen LogP contribution < -0.4 is 16.6 Å². The Hall–Kier alpha value is -3.16. The van der Waals surface area contributed by atoms with Crippen LogP contribution in [0.15, 0.2) is 40.1 Å². The summed E-state index contributed by atoms with van der Waals surface area (Å²) < 4.78 is 6.60. The maximum absolute atomic E-state index is 12.3. The maximum Gasteiger partial charge on any atom is 0.339 e. The molecule has 1 heterocycles. The van der Waals surface area contributed by atoms with Crippen molar-refractivity contribution in [3.8, 4) is 0 Å². The molecule has 1 aromatic carbocycles. The fraction of sp³-hybridized carbons (Fsp3) is 0.200. The molecule has 2 rings (SSSR count). The van der Waals surface area contributed by atoms with E-state index in [9.17, 15) is 19.2 Å². The third-order valence-electron chi connectivity index (χ3n) is 3.27. The summed E-state index contributed by atoms with van der Waals surface area (Å²) >= 11 is 0. The number of amides is 1. The molecule has 8 nitrogen and oxygen atoms in total. The summed E-state index contributed by atoms with van der Waals surface area (Å²) in [5.41, 5.74) is -1.11. The van der Waals surface area contributed by atoms with Gasteiger partial charge in [-0.2, -0.15) is 0 Å². The summed E-state index contributed by atoms with van der Waals surface area (Å²) in [6.45, 7) is 0. The number of nitrogens with zero attached hydrogens (tertiary/aromatic N) is 2. The Balaban J connectivity index is 2.44. The number of aryl methyl sites for hydroxylation is 1. The molecule has 23 heavy (non-hydrogen) atoms. The molecule has 0 atom stereocenters. The SMILES string of the molecule is COC(=O)c1ccccc1NC(=O)c1cn(C)c(=O)n(C)c1=O. The Labute approximate surface area is 130 Å². The van der Waals surface area contributed by atoms with Crippen molar-refractivity contribution in [2.75, 3.05) is 12.4 Å². The molecular weight excluding hydrogens is 302 g/mol. The molecule has 0 spiro atoms. The highest BCUT2D eigenvalue weighted by Crippen LogP contribution is 2.16. The van der Waals surface area contributed by atoms with Crippen molar-refractivity contribution in [2.45, 2.75) is 0 Å². The standard InChI is InChI=1S/C15H15N3O5/c1-17-8-10(13(20)18(2)15(17)22)12(19)16-11-7-5-4-6-9(11)14(21)23-3/h4-8H,1-3H3,(H,16,19). The van der Waals surface area contributed by atoms with E-state index in [-0.39, 0.29) is 16.8 Å². The Kier molecular flexibility index (Phi) is 4.44. The Morgan fingerprint density at radius 3 is 2.39 bits per heavy atom. The number of esters is 1. The average molecular weight is 317 g/mol. The molecule has 8 heteroatoms. The van der Waals surface area contributed by atoms with Gasteiger partial charge in [0.2, 0.25) is 0 Å². The normalized spacial score (nSPS) is 10.2. The minimum atomic E-state index is -0.724. The highest BCUT2D eigenvalue weighted by molar-refractivity contribution is 6.07. The zero-order valence-corrected chi connectivity index (χ0v) is 12.8. The van der Waals surface area contributed by atoms with Crippen LogP contribution in [-0.4, -0.2) is 28.1 Å². The average Bonchev–Trinajstić information content (AvgIpc) is 2.55. The van der Waals surface area contributed by atoms with Crippen LogP contribution in [0.5, 0.6) is 0 Å². The van der Waals surface area contributed by atoms with Crippen molar-refractivity contribution >= 4 is 17.6 Å². The topological polar surface area (TPSA) is 99.4 Å². The molecule has 1 aromatic heterocycles. The quantitative estimate of drug-likeness (QED) is 0.811. The van der Waals surface area contributed by atoms with Crippen molar-refractivity contribution in [3.05, 3.63) is 62.4 Å². The third-order valence-corrected chi connectivity index (χ3v) is 3.27. The number of ether oxygens (including phenoxy) is 1. The molecule has 1 amide bonds. The van der Waals surface area contributed by atoms with Crippen molar-refractivity contribution < 1.29 is 14.3 Å². The van der Waals surface area contributed by atoms with Gasteiger partial charge < -0.3 is 14.6 Å². The first kappa shape index (κ1) is 16.2. The number of aromatic nitrogens is 2. The van der Waals surface area contributed by atoms with Crippen LogP contribution in [0, 0.1) is 0 Å². The molecular formula is C15H15N3O5. The fourth-order valence-electron chi connectivity index (χ4n) is 2.03. The zero-order chi connectivity index (χ0) is 17.1. The van der Waals surface area contributed by atoms with Gasteiger partial charge >= 0.3 is 11.7 Å². The smallest absolute Gasteiger partial charge is 0.339 e. The predicted octanol–water partition coefficient (Wildman–Crippen LogP) is 0.123. The Morgan fingerprint density at radius 2 is 1.74 bits per heavy atom. The summed E-state index contributed by atoms with van der Waals surface area (Å²) in [7, 11) is 3.94. The van der Waals surface area contributed by atoms with Crippen molar-refractivity contribution in [2.24, 2.45) is 14.1 Å². The van der Waals surface area contributed by atoms with Crippen molar-refractivity contribution in [3.63, 3.8) is 0 Å². The summed E-state index contributed by atoms with van der Waals surface area (Å²) in [5, 5.41) is 2.49. The van der Waals surface area contributed by atoms with Gasteiger partial charge in [-0.15, -0.1) is 0 Å². The van der Waals surface area contributed by atoms with Crippen LogP contribution in [0.4, 0.5) is 5.69 Å². The summed E-state index contributed by atoms with van der Waals surface area (Å²) in [6.07, 6.45) is 1.15. The van der Waals surface area contributed by atoms with E-state index in [2.05, 4.69) is 10.1 Å². The Bertz CT molecular complexity index is 895. The number of anilines is 1. The second-order valence-electron chi connectivity index (χ2n) is 4.79. The van der Waals surface area contributed by atoms with Gasteiger partial charge in [0.1, 0.15) is 5.56 Å². The number of hydrogen-bond donors (Lipinski definition) is 1. The molecule has 0 bridgehead atoms. The number of carbonyl (C=O) groups is 2. The van der Waals surface area contributed by atoms with E-state index in [0.717, 1.165) is 15.3 Å². The summed E-state index contributed by atoms with van der Waals surface area (Å²) in [4.78, 5) is 47.7. The lowest BCUT2D eigenvalue weighted by atomic mass is 10.1. The van der Waals surface area contributed by atoms with Crippen LogP contribution in [-0.2, 0) is 18.8 Å². The minimum absolute atomic E-state index is 0.157. The second kappa shape index (κ2) is 6.30. The lowest BCUT2D eigenvalue weighted by Gasteiger charge is -2.10. The lowest BCUT2D eigenvalue weighted by Crippen LogP contribution is -2.40. The highest BCUT2D eigenvalue weighted by Gasteiger charge is 2.18. The Morgan fingerprint density at radius 1 is 1.09 bits per heavy atom. The summed E-state index contributed by atoms with van der Waals surface area (Å²) in [6, 6.07) is 6.24. The molecule has 0 saturated carbocycles. The van der Waals surface area contributed by atoms with Gasteiger partial charge in [-0.3, -0.25) is 14.2 Å². The molecule has 120 valence electrons. The number of benzene rings is 1. The molecule has 0 unspecified atom stereocenters. The first-order valence-corrected chi connectivity index (χ1v) is 6.62. The minimum Gasteiger partial charge on any atom is -0.465 e. The first-order valence-electron chi connectivity index (χ1n) is 6.62. The van der Waals surface area contributed by atoms with E-state index in [1.165, 1.54) is 33.3 Å².